The van der Waals surface area contributed by atoms with E-state index < -0.39 is 0 Å². The smallest absolute Gasteiger partial charge is 0.236 e. The van der Waals surface area contributed by atoms with E-state index in [1.165, 1.54) is 12.8 Å². The highest BCUT2D eigenvalue weighted by atomic mass is 32.2. The Morgan fingerprint density at radius 3 is 3.00 bits per heavy atom. The van der Waals surface area contributed by atoms with Gasteiger partial charge in [0.05, 0.1) is 6.54 Å². The van der Waals surface area contributed by atoms with Gasteiger partial charge in [0.2, 0.25) is 5.91 Å². The first-order valence-electron chi connectivity index (χ1n) is 8.62. The van der Waals surface area contributed by atoms with Crippen LogP contribution in [-0.4, -0.2) is 48.0 Å². The highest BCUT2D eigenvalue weighted by Gasteiger charge is 2.25. The van der Waals surface area contributed by atoms with Crippen molar-refractivity contribution >= 4 is 17.9 Å². The van der Waals surface area contributed by atoms with Crippen LogP contribution in [0.5, 0.6) is 0 Å². The molecule has 2 heterocycles. The first kappa shape index (κ1) is 16.7. The molecular weight excluding hydrogens is 308 g/mol. The predicted molar refractivity (Wildman–Crippen MR) is 93.0 cm³/mol. The van der Waals surface area contributed by atoms with Gasteiger partial charge in [0.15, 0.2) is 0 Å². The lowest BCUT2D eigenvalue weighted by atomic mass is 10.1. The summed E-state index contributed by atoms with van der Waals surface area (Å²) < 4.78 is 3.45. The number of carbonyl (C=O) groups is 1. The molecule has 2 N–H and O–H groups in total. The van der Waals surface area contributed by atoms with E-state index in [1.54, 1.807) is 18.1 Å². The lowest BCUT2D eigenvalue weighted by molar-refractivity contribution is -0.129. The highest BCUT2D eigenvalue weighted by molar-refractivity contribution is 7.97. The molecule has 2 fully saturated rings. The molecule has 1 aromatic rings. The monoisotopic (exact) mass is 334 g/mol. The molecule has 5 nitrogen and oxygen atoms in total. The molecule has 0 aromatic carbocycles. The second kappa shape index (κ2) is 8.66. The highest BCUT2D eigenvalue weighted by Crippen LogP contribution is 2.26. The number of nitrogens with zero attached hydrogens (tertiary/aromatic N) is 2. The van der Waals surface area contributed by atoms with Gasteiger partial charge in [0.25, 0.3) is 0 Å². The fraction of sp³-hybridized carbons (Fsp3) is 0.647. The molecule has 2 aliphatic rings. The van der Waals surface area contributed by atoms with E-state index >= 15 is 0 Å². The second-order valence-corrected chi connectivity index (χ2v) is 7.45. The minimum Gasteiger partial charge on any atom is -0.342 e. The Kier molecular flexibility index (Phi) is 6.30. The maximum absolute atomic E-state index is 12.1. The minimum atomic E-state index is 0.274. The number of aromatic nitrogens is 1. The van der Waals surface area contributed by atoms with E-state index in [-0.39, 0.29) is 5.91 Å². The Morgan fingerprint density at radius 1 is 1.35 bits per heavy atom. The van der Waals surface area contributed by atoms with Crippen molar-refractivity contribution in [3.63, 3.8) is 0 Å². The van der Waals surface area contributed by atoms with Gasteiger partial charge >= 0.3 is 0 Å². The van der Waals surface area contributed by atoms with Crippen LogP contribution in [0.1, 0.15) is 32.1 Å². The Balaban J connectivity index is 1.30. The zero-order valence-corrected chi connectivity index (χ0v) is 14.4. The Labute approximate surface area is 142 Å². The quantitative estimate of drug-likeness (QED) is 0.748. The van der Waals surface area contributed by atoms with Crippen molar-refractivity contribution in [2.45, 2.75) is 43.0 Å². The van der Waals surface area contributed by atoms with Crippen molar-refractivity contribution in [1.82, 2.24) is 19.9 Å². The van der Waals surface area contributed by atoms with Gasteiger partial charge in [-0.05, 0) is 62.1 Å². The topological polar surface area (TPSA) is 57.3 Å². The van der Waals surface area contributed by atoms with Crippen LogP contribution >= 0.6 is 11.9 Å². The lowest BCUT2D eigenvalue weighted by Crippen LogP contribution is -2.39. The van der Waals surface area contributed by atoms with Gasteiger partial charge in [-0.3, -0.25) is 14.5 Å². The van der Waals surface area contributed by atoms with Crippen molar-refractivity contribution in [2.24, 2.45) is 5.92 Å². The number of hydrogen-bond acceptors (Lipinski definition) is 5. The third-order valence-electron chi connectivity index (χ3n) is 4.74. The zero-order valence-electron chi connectivity index (χ0n) is 13.5. The molecule has 126 valence electrons. The SMILES string of the molecule is O=C(CNC1CCC(CNSc2cccnc2)C1)N1CCCC1. The van der Waals surface area contributed by atoms with E-state index in [9.17, 15) is 4.79 Å². The van der Waals surface area contributed by atoms with Crippen LogP contribution < -0.4 is 10.0 Å². The van der Waals surface area contributed by atoms with Crippen LogP contribution in [0.3, 0.4) is 0 Å². The van der Waals surface area contributed by atoms with Gasteiger partial charge in [0.1, 0.15) is 0 Å². The minimum absolute atomic E-state index is 0.274. The van der Waals surface area contributed by atoms with E-state index in [0.29, 0.717) is 18.5 Å². The van der Waals surface area contributed by atoms with E-state index in [4.69, 9.17) is 0 Å². The third kappa shape index (κ3) is 5.19. The van der Waals surface area contributed by atoms with Crippen molar-refractivity contribution in [3.8, 4) is 0 Å². The van der Waals surface area contributed by atoms with Crippen LogP contribution in [0.2, 0.25) is 0 Å². The Morgan fingerprint density at radius 2 is 2.22 bits per heavy atom. The molecular formula is C17H26N4OS. The molecule has 0 radical (unpaired) electrons. The fourth-order valence-electron chi connectivity index (χ4n) is 3.41. The number of carbonyl (C=O) groups excluding carboxylic acids is 1. The summed E-state index contributed by atoms with van der Waals surface area (Å²) in [6.45, 7) is 3.42. The molecule has 0 bridgehead atoms. The van der Waals surface area contributed by atoms with Crippen LogP contribution in [0.15, 0.2) is 29.4 Å². The molecule has 1 aromatic heterocycles. The predicted octanol–water partition coefficient (Wildman–Crippen LogP) is 2.06. The van der Waals surface area contributed by atoms with Crippen molar-refractivity contribution in [2.75, 3.05) is 26.2 Å². The normalized spacial score (nSPS) is 24.3. The first-order valence-corrected chi connectivity index (χ1v) is 9.44. The van der Waals surface area contributed by atoms with Gasteiger partial charge in [-0.1, -0.05) is 0 Å². The molecule has 3 rings (SSSR count). The van der Waals surface area contributed by atoms with Crippen LogP contribution in [0, 0.1) is 5.92 Å². The fourth-order valence-corrected chi connectivity index (χ4v) is 4.15. The van der Waals surface area contributed by atoms with Crippen LogP contribution in [0.25, 0.3) is 0 Å². The van der Waals surface area contributed by atoms with Gasteiger partial charge < -0.3 is 10.2 Å². The van der Waals surface area contributed by atoms with Crippen LogP contribution in [0.4, 0.5) is 0 Å². The number of rotatable bonds is 7. The molecule has 1 amide bonds. The maximum Gasteiger partial charge on any atom is 0.236 e. The molecule has 1 saturated carbocycles. The largest absolute Gasteiger partial charge is 0.342 e. The van der Waals surface area contributed by atoms with Gasteiger partial charge in [0, 0.05) is 43.0 Å². The molecule has 2 unspecified atom stereocenters. The molecule has 1 aliphatic heterocycles. The average molecular weight is 334 g/mol. The second-order valence-electron chi connectivity index (χ2n) is 6.48. The summed E-state index contributed by atoms with van der Waals surface area (Å²) >= 11 is 1.65. The van der Waals surface area contributed by atoms with Gasteiger partial charge in [-0.15, -0.1) is 0 Å². The number of likely N-dealkylation sites (tertiary alicyclic amines) is 1. The summed E-state index contributed by atoms with van der Waals surface area (Å²) in [6.07, 6.45) is 9.57. The van der Waals surface area contributed by atoms with E-state index in [1.807, 2.05) is 17.2 Å². The molecule has 6 heteroatoms. The number of pyridine rings is 1. The Hall–Kier alpha value is -1.11. The Bertz CT molecular complexity index is 493. The molecule has 2 atom stereocenters. The van der Waals surface area contributed by atoms with Crippen molar-refractivity contribution < 1.29 is 4.79 Å². The number of nitrogens with one attached hydrogen (secondary N) is 2. The summed E-state index contributed by atoms with van der Waals surface area (Å²) in [5.41, 5.74) is 0. The van der Waals surface area contributed by atoms with Gasteiger partial charge in [-0.25, -0.2) is 0 Å². The third-order valence-corrected chi connectivity index (χ3v) is 5.53. The summed E-state index contributed by atoms with van der Waals surface area (Å²) in [5.74, 6) is 0.967. The molecule has 23 heavy (non-hydrogen) atoms. The summed E-state index contributed by atoms with van der Waals surface area (Å²) in [4.78, 5) is 19.3. The number of amides is 1. The maximum atomic E-state index is 12.1. The van der Waals surface area contributed by atoms with E-state index in [0.717, 1.165) is 43.8 Å². The lowest BCUT2D eigenvalue weighted by Gasteiger charge is -2.18. The van der Waals surface area contributed by atoms with Crippen molar-refractivity contribution in [3.05, 3.63) is 24.5 Å². The number of hydrogen-bond donors (Lipinski definition) is 2. The standard InChI is InChI=1S/C17H26N4OS/c22-17(21-8-1-2-9-21)13-19-15-6-5-14(10-15)11-20-23-16-4-3-7-18-12-16/h3-4,7,12,14-15,19-20H,1-2,5-6,8-11,13H2. The van der Waals surface area contributed by atoms with E-state index in [2.05, 4.69) is 21.1 Å². The molecule has 1 aliphatic carbocycles. The van der Waals surface area contributed by atoms with Gasteiger partial charge in [-0.2, -0.15) is 0 Å². The summed E-state index contributed by atoms with van der Waals surface area (Å²) in [7, 11) is 0. The summed E-state index contributed by atoms with van der Waals surface area (Å²) in [6, 6.07) is 4.52. The average Bonchev–Trinajstić information content (AvgIpc) is 3.26. The summed E-state index contributed by atoms with van der Waals surface area (Å²) in [5, 5.41) is 3.46. The zero-order chi connectivity index (χ0) is 15.9. The molecule has 0 spiro atoms. The molecule has 1 saturated heterocycles. The van der Waals surface area contributed by atoms with Crippen LogP contribution in [-0.2, 0) is 4.79 Å². The first-order chi connectivity index (χ1) is 11.3. The van der Waals surface area contributed by atoms with Crippen molar-refractivity contribution in [1.29, 1.82) is 0 Å².